The van der Waals surface area contributed by atoms with Crippen molar-refractivity contribution < 1.29 is 23.1 Å². The molecular formula is C12H20F3NO2. The van der Waals surface area contributed by atoms with E-state index in [1.54, 1.807) is 13.8 Å². The van der Waals surface area contributed by atoms with Crippen LogP contribution in [-0.4, -0.2) is 41.3 Å². The summed E-state index contributed by atoms with van der Waals surface area (Å²) in [6, 6.07) is -0.0940. The van der Waals surface area contributed by atoms with Crippen LogP contribution in [0.25, 0.3) is 0 Å². The number of alkyl halides is 3. The maximum absolute atomic E-state index is 12.5. The van der Waals surface area contributed by atoms with Crippen molar-refractivity contribution in [3.8, 4) is 0 Å². The topological polar surface area (TPSA) is 40.5 Å². The molecule has 0 amide bonds. The van der Waals surface area contributed by atoms with Crippen LogP contribution in [0.2, 0.25) is 0 Å². The molecule has 0 spiro atoms. The average Bonchev–Trinajstić information content (AvgIpc) is 3.05. The summed E-state index contributed by atoms with van der Waals surface area (Å²) >= 11 is 0. The van der Waals surface area contributed by atoms with Crippen molar-refractivity contribution in [2.75, 3.05) is 13.1 Å². The summed E-state index contributed by atoms with van der Waals surface area (Å²) in [5.74, 6) is -1.000. The highest BCUT2D eigenvalue weighted by Crippen LogP contribution is 2.36. The summed E-state index contributed by atoms with van der Waals surface area (Å²) in [5, 5.41) is 9.27. The number of carboxylic acid groups (broad SMARTS) is 1. The highest BCUT2D eigenvalue weighted by Gasteiger charge is 2.44. The van der Waals surface area contributed by atoms with Gasteiger partial charge in [-0.3, -0.25) is 9.69 Å². The highest BCUT2D eigenvalue weighted by atomic mass is 19.4. The van der Waals surface area contributed by atoms with Crippen LogP contribution in [0.4, 0.5) is 13.2 Å². The SMILES string of the molecule is CCC(CC)(CN(CC(F)(F)F)C1CC1)C(=O)O. The van der Waals surface area contributed by atoms with Crippen LogP contribution in [0.15, 0.2) is 0 Å². The van der Waals surface area contributed by atoms with Gasteiger partial charge in [0.2, 0.25) is 0 Å². The number of carboxylic acids is 1. The fraction of sp³-hybridized carbons (Fsp3) is 0.917. The molecule has 1 fully saturated rings. The van der Waals surface area contributed by atoms with Gasteiger partial charge in [0, 0.05) is 12.6 Å². The van der Waals surface area contributed by atoms with Crippen molar-refractivity contribution in [1.82, 2.24) is 4.90 Å². The van der Waals surface area contributed by atoms with E-state index in [0.29, 0.717) is 12.8 Å². The summed E-state index contributed by atoms with van der Waals surface area (Å²) in [6.45, 7) is 2.42. The van der Waals surface area contributed by atoms with Gasteiger partial charge in [0.15, 0.2) is 0 Å². The Bertz CT molecular complexity index is 296. The second-order valence-electron chi connectivity index (χ2n) is 5.04. The summed E-state index contributed by atoms with van der Waals surface area (Å²) in [5.41, 5.74) is -1.06. The first-order chi connectivity index (χ1) is 8.24. The van der Waals surface area contributed by atoms with Gasteiger partial charge in [-0.05, 0) is 25.7 Å². The molecule has 0 aromatic rings. The van der Waals surface area contributed by atoms with Crippen LogP contribution in [0.3, 0.4) is 0 Å². The maximum Gasteiger partial charge on any atom is 0.401 e. The van der Waals surface area contributed by atoms with E-state index in [2.05, 4.69) is 0 Å². The van der Waals surface area contributed by atoms with Gasteiger partial charge in [-0.15, -0.1) is 0 Å². The summed E-state index contributed by atoms with van der Waals surface area (Å²) in [7, 11) is 0. The molecule has 0 aromatic heterocycles. The molecule has 1 saturated carbocycles. The highest BCUT2D eigenvalue weighted by molar-refractivity contribution is 5.74. The summed E-state index contributed by atoms with van der Waals surface area (Å²) < 4.78 is 37.5. The van der Waals surface area contributed by atoms with Crippen molar-refractivity contribution in [2.45, 2.75) is 51.7 Å². The number of nitrogens with zero attached hydrogens (tertiary/aromatic N) is 1. The van der Waals surface area contributed by atoms with E-state index in [9.17, 15) is 23.1 Å². The Morgan fingerprint density at radius 3 is 2.00 bits per heavy atom. The van der Waals surface area contributed by atoms with E-state index < -0.39 is 24.1 Å². The van der Waals surface area contributed by atoms with Gasteiger partial charge in [0.1, 0.15) is 0 Å². The minimum atomic E-state index is -4.27. The number of rotatable bonds is 7. The van der Waals surface area contributed by atoms with Crippen LogP contribution >= 0.6 is 0 Å². The second kappa shape index (κ2) is 5.47. The fourth-order valence-electron chi connectivity index (χ4n) is 2.22. The molecule has 0 saturated heterocycles. The first-order valence-electron chi connectivity index (χ1n) is 6.28. The van der Waals surface area contributed by atoms with E-state index in [-0.39, 0.29) is 12.6 Å². The van der Waals surface area contributed by atoms with Gasteiger partial charge >= 0.3 is 12.1 Å². The molecular weight excluding hydrogens is 247 g/mol. The lowest BCUT2D eigenvalue weighted by Gasteiger charge is -2.34. The first kappa shape index (κ1) is 15.3. The lowest BCUT2D eigenvalue weighted by Crippen LogP contribution is -2.46. The van der Waals surface area contributed by atoms with E-state index in [4.69, 9.17) is 0 Å². The zero-order valence-corrected chi connectivity index (χ0v) is 10.8. The van der Waals surface area contributed by atoms with Crippen molar-refractivity contribution in [2.24, 2.45) is 5.41 Å². The second-order valence-corrected chi connectivity index (χ2v) is 5.04. The third-order valence-corrected chi connectivity index (χ3v) is 3.76. The van der Waals surface area contributed by atoms with Crippen molar-refractivity contribution in [1.29, 1.82) is 0 Å². The van der Waals surface area contributed by atoms with E-state index in [0.717, 1.165) is 12.8 Å². The lowest BCUT2D eigenvalue weighted by atomic mass is 9.81. The summed E-state index contributed by atoms with van der Waals surface area (Å²) in [6.07, 6.45) is -2.10. The molecule has 1 aliphatic rings. The molecule has 6 heteroatoms. The summed E-state index contributed by atoms with van der Waals surface area (Å²) in [4.78, 5) is 12.6. The van der Waals surface area contributed by atoms with Gasteiger partial charge in [0.05, 0.1) is 12.0 Å². The average molecular weight is 267 g/mol. The number of halogens is 3. The Labute approximate surface area is 105 Å². The van der Waals surface area contributed by atoms with E-state index in [1.165, 1.54) is 4.90 Å². The maximum atomic E-state index is 12.5. The minimum Gasteiger partial charge on any atom is -0.481 e. The number of hydrogen-bond acceptors (Lipinski definition) is 2. The van der Waals surface area contributed by atoms with Gasteiger partial charge < -0.3 is 5.11 Å². The third-order valence-electron chi connectivity index (χ3n) is 3.76. The van der Waals surface area contributed by atoms with Gasteiger partial charge in [-0.1, -0.05) is 13.8 Å². The van der Waals surface area contributed by atoms with E-state index >= 15 is 0 Å². The Morgan fingerprint density at radius 1 is 1.22 bits per heavy atom. The molecule has 0 radical (unpaired) electrons. The Morgan fingerprint density at radius 2 is 1.72 bits per heavy atom. The zero-order chi connectivity index (χ0) is 14.0. The van der Waals surface area contributed by atoms with Gasteiger partial charge in [-0.2, -0.15) is 13.2 Å². The minimum absolute atomic E-state index is 0.0144. The fourth-order valence-corrected chi connectivity index (χ4v) is 2.22. The smallest absolute Gasteiger partial charge is 0.401 e. The molecule has 0 atom stereocenters. The zero-order valence-electron chi connectivity index (χ0n) is 10.8. The first-order valence-corrected chi connectivity index (χ1v) is 6.28. The van der Waals surface area contributed by atoms with Gasteiger partial charge in [-0.25, -0.2) is 0 Å². The largest absolute Gasteiger partial charge is 0.481 e. The molecule has 0 bridgehead atoms. The van der Waals surface area contributed by atoms with Gasteiger partial charge in [0.25, 0.3) is 0 Å². The number of carbonyl (C=O) groups is 1. The van der Waals surface area contributed by atoms with Crippen molar-refractivity contribution >= 4 is 5.97 Å². The van der Waals surface area contributed by atoms with Crippen LogP contribution in [0, 0.1) is 5.41 Å². The van der Waals surface area contributed by atoms with E-state index in [1.807, 2.05) is 0 Å². The quantitative estimate of drug-likeness (QED) is 0.771. The lowest BCUT2D eigenvalue weighted by molar-refractivity contribution is -0.162. The predicted molar refractivity (Wildman–Crippen MR) is 61.3 cm³/mol. The molecule has 0 aliphatic heterocycles. The van der Waals surface area contributed by atoms with Crippen LogP contribution in [0.1, 0.15) is 39.5 Å². The molecule has 3 nitrogen and oxygen atoms in total. The van der Waals surface area contributed by atoms with Crippen LogP contribution in [-0.2, 0) is 4.79 Å². The van der Waals surface area contributed by atoms with Crippen LogP contribution < -0.4 is 0 Å². The Hall–Kier alpha value is -0.780. The molecule has 0 heterocycles. The Kier molecular flexibility index (Phi) is 4.64. The molecule has 1 rings (SSSR count). The number of aliphatic carboxylic acids is 1. The van der Waals surface area contributed by atoms with Crippen molar-refractivity contribution in [3.63, 3.8) is 0 Å². The number of hydrogen-bond donors (Lipinski definition) is 1. The monoisotopic (exact) mass is 267 g/mol. The standard InChI is InChI=1S/C12H20F3NO2/c1-3-11(4-2,10(17)18)7-16(9-5-6-9)8-12(13,14)15/h9H,3-8H2,1-2H3,(H,17,18). The third kappa shape index (κ3) is 3.86. The molecule has 18 heavy (non-hydrogen) atoms. The molecule has 1 aliphatic carbocycles. The Balaban J connectivity index is 2.77. The predicted octanol–water partition coefficient (Wildman–Crippen LogP) is 2.90. The molecule has 1 N–H and O–H groups in total. The molecule has 0 aromatic carbocycles. The molecule has 0 unspecified atom stereocenters. The normalized spacial score (nSPS) is 17.2. The van der Waals surface area contributed by atoms with Crippen molar-refractivity contribution in [3.05, 3.63) is 0 Å². The van der Waals surface area contributed by atoms with Crippen LogP contribution in [0.5, 0.6) is 0 Å². The molecule has 106 valence electrons.